The van der Waals surface area contributed by atoms with Gasteiger partial charge in [-0.2, -0.15) is 0 Å². The van der Waals surface area contributed by atoms with Crippen molar-refractivity contribution < 1.29 is 0 Å². The molecule has 82 valence electrons. The Morgan fingerprint density at radius 2 is 1.65 bits per heavy atom. The second-order valence-electron chi connectivity index (χ2n) is 3.97. The van der Waals surface area contributed by atoms with Crippen molar-refractivity contribution in [3.05, 3.63) is 60.8 Å². The molecule has 0 spiro atoms. The van der Waals surface area contributed by atoms with Crippen molar-refractivity contribution in [1.29, 1.82) is 0 Å². The molecule has 0 unspecified atom stereocenters. The van der Waals surface area contributed by atoms with Gasteiger partial charge in [0.25, 0.3) is 0 Å². The predicted octanol–water partition coefficient (Wildman–Crippen LogP) is 3.48. The third-order valence-corrected chi connectivity index (χ3v) is 2.88. The molecule has 0 atom stereocenters. The van der Waals surface area contributed by atoms with Crippen molar-refractivity contribution in [3.8, 4) is 11.1 Å². The summed E-state index contributed by atoms with van der Waals surface area (Å²) in [5.41, 5.74) is 10.0. The maximum Gasteiger partial charge on any atom is 0.0709 e. The number of nitrogen functional groups attached to an aromatic ring is 1. The fourth-order valence-corrected chi connectivity index (χ4v) is 2.10. The number of hydrogen-bond donors (Lipinski definition) is 1. The van der Waals surface area contributed by atoms with E-state index in [1.165, 1.54) is 0 Å². The van der Waals surface area contributed by atoms with E-state index in [4.69, 9.17) is 5.73 Å². The second-order valence-corrected chi connectivity index (χ2v) is 3.97. The molecule has 0 radical (unpaired) electrons. The van der Waals surface area contributed by atoms with Crippen LogP contribution in [0.3, 0.4) is 0 Å². The number of benzene rings is 2. The zero-order valence-corrected chi connectivity index (χ0v) is 9.30. The van der Waals surface area contributed by atoms with Crippen LogP contribution < -0.4 is 5.73 Å². The molecule has 2 N–H and O–H groups in total. The van der Waals surface area contributed by atoms with Crippen LogP contribution in [0.5, 0.6) is 0 Å². The molecule has 0 aliphatic rings. The molecule has 2 nitrogen and oxygen atoms in total. The summed E-state index contributed by atoms with van der Waals surface area (Å²) < 4.78 is 0. The third-order valence-electron chi connectivity index (χ3n) is 2.88. The summed E-state index contributed by atoms with van der Waals surface area (Å²) in [7, 11) is 0. The largest absolute Gasteiger partial charge is 0.398 e. The highest BCUT2D eigenvalue weighted by atomic mass is 14.7. The van der Waals surface area contributed by atoms with Crippen molar-refractivity contribution >= 4 is 16.6 Å². The molecule has 0 amide bonds. The number of fused-ring (bicyclic) bond motifs is 1. The lowest BCUT2D eigenvalue weighted by Gasteiger charge is -2.09. The van der Waals surface area contributed by atoms with Gasteiger partial charge < -0.3 is 5.73 Å². The third kappa shape index (κ3) is 1.64. The molecule has 0 aliphatic heterocycles. The molecule has 0 saturated heterocycles. The number of nitrogens with zero attached hydrogens (tertiary/aromatic N) is 1. The van der Waals surface area contributed by atoms with E-state index < -0.39 is 0 Å². The van der Waals surface area contributed by atoms with E-state index in [2.05, 4.69) is 23.2 Å². The van der Waals surface area contributed by atoms with Crippen LogP contribution in [0, 0.1) is 0 Å². The highest BCUT2D eigenvalue weighted by Crippen LogP contribution is 2.32. The van der Waals surface area contributed by atoms with Crippen molar-refractivity contribution in [2.75, 3.05) is 5.73 Å². The van der Waals surface area contributed by atoms with E-state index >= 15 is 0 Å². The quantitative estimate of drug-likeness (QED) is 0.637. The van der Waals surface area contributed by atoms with E-state index in [-0.39, 0.29) is 0 Å². The summed E-state index contributed by atoms with van der Waals surface area (Å²) in [4.78, 5) is 4.35. The molecule has 2 heteroatoms. The minimum atomic E-state index is 0.789. The first-order valence-electron chi connectivity index (χ1n) is 5.55. The molecule has 0 fully saturated rings. The summed E-state index contributed by atoms with van der Waals surface area (Å²) in [6.45, 7) is 0. The molecule has 17 heavy (non-hydrogen) atoms. The number of nitrogens with two attached hydrogens (primary N) is 1. The number of anilines is 1. The molecule has 0 bridgehead atoms. The topological polar surface area (TPSA) is 38.9 Å². The Balaban J connectivity index is 2.39. The van der Waals surface area contributed by atoms with Gasteiger partial charge in [-0.15, -0.1) is 0 Å². The average molecular weight is 220 g/mol. The fourth-order valence-electron chi connectivity index (χ4n) is 2.10. The van der Waals surface area contributed by atoms with Gasteiger partial charge in [0, 0.05) is 22.8 Å². The van der Waals surface area contributed by atoms with Crippen LogP contribution in [0.1, 0.15) is 0 Å². The predicted molar refractivity (Wildman–Crippen MR) is 71.6 cm³/mol. The highest BCUT2D eigenvalue weighted by molar-refractivity contribution is 6.00. The minimum Gasteiger partial charge on any atom is -0.398 e. The zero-order chi connectivity index (χ0) is 11.7. The molecule has 0 aliphatic carbocycles. The van der Waals surface area contributed by atoms with Crippen molar-refractivity contribution in [2.24, 2.45) is 0 Å². The van der Waals surface area contributed by atoms with Gasteiger partial charge in [0.15, 0.2) is 0 Å². The lowest BCUT2D eigenvalue weighted by atomic mass is 9.99. The first kappa shape index (κ1) is 9.85. The van der Waals surface area contributed by atoms with Gasteiger partial charge in [0.05, 0.1) is 5.52 Å². The van der Waals surface area contributed by atoms with Gasteiger partial charge in [-0.3, -0.25) is 4.98 Å². The van der Waals surface area contributed by atoms with Crippen LogP contribution in [-0.4, -0.2) is 4.98 Å². The van der Waals surface area contributed by atoms with Gasteiger partial charge in [-0.05, 0) is 23.8 Å². The Bertz CT molecular complexity index is 660. The van der Waals surface area contributed by atoms with E-state index in [0.29, 0.717) is 0 Å². The van der Waals surface area contributed by atoms with Crippen LogP contribution in [-0.2, 0) is 0 Å². The second kappa shape index (κ2) is 3.91. The minimum absolute atomic E-state index is 0.789. The van der Waals surface area contributed by atoms with Crippen molar-refractivity contribution in [3.63, 3.8) is 0 Å². The van der Waals surface area contributed by atoms with E-state index in [1.54, 1.807) is 6.20 Å². The number of rotatable bonds is 1. The molecular weight excluding hydrogens is 208 g/mol. The Hall–Kier alpha value is -2.35. The Morgan fingerprint density at radius 3 is 2.47 bits per heavy atom. The number of pyridine rings is 1. The SMILES string of the molecule is Nc1ccc2ncccc2c1-c1ccccc1. The van der Waals surface area contributed by atoms with Crippen LogP contribution in [0.2, 0.25) is 0 Å². The van der Waals surface area contributed by atoms with Crippen LogP contribution in [0.4, 0.5) is 5.69 Å². The van der Waals surface area contributed by atoms with Gasteiger partial charge in [-0.25, -0.2) is 0 Å². The number of hydrogen-bond acceptors (Lipinski definition) is 2. The summed E-state index contributed by atoms with van der Waals surface area (Å²) in [6.07, 6.45) is 1.80. The van der Waals surface area contributed by atoms with Crippen LogP contribution in [0.25, 0.3) is 22.0 Å². The fraction of sp³-hybridized carbons (Fsp3) is 0. The zero-order valence-electron chi connectivity index (χ0n) is 9.30. The first-order chi connectivity index (χ1) is 8.36. The summed E-state index contributed by atoms with van der Waals surface area (Å²) in [5.74, 6) is 0. The first-order valence-corrected chi connectivity index (χ1v) is 5.55. The monoisotopic (exact) mass is 220 g/mol. The van der Waals surface area contributed by atoms with E-state index in [9.17, 15) is 0 Å². The van der Waals surface area contributed by atoms with Gasteiger partial charge in [-0.1, -0.05) is 36.4 Å². The van der Waals surface area contributed by atoms with Crippen molar-refractivity contribution in [1.82, 2.24) is 4.98 Å². The number of aromatic nitrogens is 1. The summed E-state index contributed by atoms with van der Waals surface area (Å²) >= 11 is 0. The lowest BCUT2D eigenvalue weighted by molar-refractivity contribution is 1.41. The Morgan fingerprint density at radius 1 is 0.824 bits per heavy atom. The van der Waals surface area contributed by atoms with E-state index in [1.807, 2.05) is 36.4 Å². The summed E-state index contributed by atoms with van der Waals surface area (Å²) in [6, 6.07) is 18.0. The molecule has 0 saturated carbocycles. The van der Waals surface area contributed by atoms with E-state index in [0.717, 1.165) is 27.7 Å². The molecular formula is C15H12N2. The van der Waals surface area contributed by atoms with Gasteiger partial charge >= 0.3 is 0 Å². The maximum atomic E-state index is 6.09. The molecule has 2 aromatic carbocycles. The smallest absolute Gasteiger partial charge is 0.0709 e. The Labute approximate surface area is 99.7 Å². The molecule has 1 heterocycles. The normalized spacial score (nSPS) is 10.6. The average Bonchev–Trinajstić information content (AvgIpc) is 2.39. The molecule has 3 aromatic rings. The van der Waals surface area contributed by atoms with Crippen molar-refractivity contribution in [2.45, 2.75) is 0 Å². The van der Waals surface area contributed by atoms with Gasteiger partial charge in [0.1, 0.15) is 0 Å². The maximum absolute atomic E-state index is 6.09. The standard InChI is InChI=1S/C15H12N2/c16-13-8-9-14-12(7-4-10-17-14)15(13)11-5-2-1-3-6-11/h1-10H,16H2. The Kier molecular flexibility index (Phi) is 2.26. The van der Waals surface area contributed by atoms with Crippen LogP contribution in [0.15, 0.2) is 60.8 Å². The van der Waals surface area contributed by atoms with Crippen LogP contribution >= 0.6 is 0 Å². The highest BCUT2D eigenvalue weighted by Gasteiger charge is 2.07. The lowest BCUT2D eigenvalue weighted by Crippen LogP contribution is -1.92. The van der Waals surface area contributed by atoms with Gasteiger partial charge in [0.2, 0.25) is 0 Å². The summed E-state index contributed by atoms with van der Waals surface area (Å²) in [5, 5.41) is 1.10. The molecule has 3 rings (SSSR count). The molecule has 1 aromatic heterocycles.